The molecule has 0 atom stereocenters. The van der Waals surface area contributed by atoms with Gasteiger partial charge in [0.25, 0.3) is 5.91 Å². The molecule has 0 aliphatic heterocycles. The molecule has 1 N–H and O–H groups in total. The van der Waals surface area contributed by atoms with E-state index in [4.69, 9.17) is 0 Å². The minimum absolute atomic E-state index is 0.146. The summed E-state index contributed by atoms with van der Waals surface area (Å²) in [6.45, 7) is 0. The van der Waals surface area contributed by atoms with Crippen LogP contribution < -0.4 is 4.90 Å². The number of nitro benzene ring substituents is 1. The SMILES string of the molecule is CN(C(=O)c1cccc([N+](=O)[O-])c1O)c1ccccn1. The first-order valence-electron chi connectivity index (χ1n) is 5.68. The van der Waals surface area contributed by atoms with Gasteiger partial charge in [0.2, 0.25) is 5.75 Å². The van der Waals surface area contributed by atoms with Crippen molar-refractivity contribution in [1.29, 1.82) is 0 Å². The van der Waals surface area contributed by atoms with Crippen LogP contribution in [-0.2, 0) is 0 Å². The van der Waals surface area contributed by atoms with Crippen LogP contribution in [0, 0.1) is 10.1 Å². The number of carbonyl (C=O) groups is 1. The third-order valence-corrected chi connectivity index (χ3v) is 2.74. The smallest absolute Gasteiger partial charge is 0.311 e. The van der Waals surface area contributed by atoms with Crippen molar-refractivity contribution in [2.75, 3.05) is 11.9 Å². The van der Waals surface area contributed by atoms with E-state index in [2.05, 4.69) is 4.98 Å². The van der Waals surface area contributed by atoms with E-state index in [9.17, 15) is 20.0 Å². The van der Waals surface area contributed by atoms with Crippen LogP contribution in [0.2, 0.25) is 0 Å². The molecule has 0 aliphatic carbocycles. The number of nitro groups is 1. The molecule has 20 heavy (non-hydrogen) atoms. The maximum Gasteiger partial charge on any atom is 0.311 e. The third-order valence-electron chi connectivity index (χ3n) is 2.74. The van der Waals surface area contributed by atoms with Crippen LogP contribution >= 0.6 is 0 Å². The molecule has 1 aromatic carbocycles. The number of phenolic OH excluding ortho intramolecular Hbond substituents is 1. The Morgan fingerprint density at radius 1 is 1.30 bits per heavy atom. The summed E-state index contributed by atoms with van der Waals surface area (Å²) in [6, 6.07) is 8.83. The van der Waals surface area contributed by atoms with E-state index >= 15 is 0 Å². The summed E-state index contributed by atoms with van der Waals surface area (Å²) in [5, 5.41) is 20.6. The first kappa shape index (κ1) is 13.5. The molecule has 1 amide bonds. The fourth-order valence-corrected chi connectivity index (χ4v) is 1.69. The predicted molar refractivity (Wildman–Crippen MR) is 71.7 cm³/mol. The van der Waals surface area contributed by atoms with Crippen LogP contribution in [0.15, 0.2) is 42.6 Å². The molecule has 1 aromatic heterocycles. The lowest BCUT2D eigenvalue weighted by Gasteiger charge is -2.16. The lowest BCUT2D eigenvalue weighted by Crippen LogP contribution is -2.27. The van der Waals surface area contributed by atoms with Crippen LogP contribution in [0.4, 0.5) is 11.5 Å². The number of pyridine rings is 1. The van der Waals surface area contributed by atoms with Crippen molar-refractivity contribution in [2.24, 2.45) is 0 Å². The second-order valence-electron chi connectivity index (χ2n) is 3.98. The van der Waals surface area contributed by atoms with E-state index in [1.54, 1.807) is 18.2 Å². The fourth-order valence-electron chi connectivity index (χ4n) is 1.69. The van der Waals surface area contributed by atoms with Crippen molar-refractivity contribution < 1.29 is 14.8 Å². The van der Waals surface area contributed by atoms with Gasteiger partial charge in [-0.3, -0.25) is 19.8 Å². The molecule has 0 aliphatic rings. The molecule has 2 rings (SSSR count). The van der Waals surface area contributed by atoms with Gasteiger partial charge in [0.15, 0.2) is 0 Å². The highest BCUT2D eigenvalue weighted by molar-refractivity contribution is 6.07. The quantitative estimate of drug-likeness (QED) is 0.681. The number of aromatic nitrogens is 1. The number of nitrogens with zero attached hydrogens (tertiary/aromatic N) is 3. The predicted octanol–water partition coefficient (Wildman–Crippen LogP) is 1.97. The number of anilines is 1. The molecule has 0 saturated carbocycles. The standard InChI is InChI=1S/C13H11N3O4/c1-15(11-7-2-3-8-14-11)13(18)9-5-4-6-10(12(9)17)16(19)20/h2-8,17H,1H3. The number of hydrogen-bond donors (Lipinski definition) is 1. The van der Waals surface area contributed by atoms with Crippen molar-refractivity contribution >= 4 is 17.4 Å². The molecule has 0 saturated heterocycles. The highest BCUT2D eigenvalue weighted by atomic mass is 16.6. The van der Waals surface area contributed by atoms with Crippen molar-refractivity contribution in [3.05, 3.63) is 58.3 Å². The molecule has 0 bridgehead atoms. The number of aromatic hydroxyl groups is 1. The molecule has 0 fully saturated rings. The van der Waals surface area contributed by atoms with Gasteiger partial charge in [0.1, 0.15) is 5.82 Å². The fraction of sp³-hybridized carbons (Fsp3) is 0.0769. The number of carbonyl (C=O) groups excluding carboxylic acids is 1. The minimum Gasteiger partial charge on any atom is -0.502 e. The van der Waals surface area contributed by atoms with Crippen molar-refractivity contribution in [1.82, 2.24) is 4.98 Å². The molecule has 2 aromatic rings. The zero-order valence-corrected chi connectivity index (χ0v) is 10.6. The van der Waals surface area contributed by atoms with Gasteiger partial charge in [-0.25, -0.2) is 4.98 Å². The Balaban J connectivity index is 2.40. The number of amides is 1. The highest BCUT2D eigenvalue weighted by Gasteiger charge is 2.24. The Morgan fingerprint density at radius 3 is 2.65 bits per heavy atom. The summed E-state index contributed by atoms with van der Waals surface area (Å²) in [5.74, 6) is -0.849. The summed E-state index contributed by atoms with van der Waals surface area (Å²) < 4.78 is 0. The van der Waals surface area contributed by atoms with Crippen molar-refractivity contribution in [2.45, 2.75) is 0 Å². The van der Waals surface area contributed by atoms with Crippen LogP contribution in [0.3, 0.4) is 0 Å². The maximum atomic E-state index is 12.2. The second kappa shape index (κ2) is 5.35. The largest absolute Gasteiger partial charge is 0.502 e. The average molecular weight is 273 g/mol. The molecular weight excluding hydrogens is 262 g/mol. The van der Waals surface area contributed by atoms with E-state index in [1.807, 2.05) is 0 Å². The first-order chi connectivity index (χ1) is 9.52. The molecule has 1 heterocycles. The molecule has 0 spiro atoms. The van der Waals surface area contributed by atoms with Crippen molar-refractivity contribution in [3.63, 3.8) is 0 Å². The molecular formula is C13H11N3O4. The first-order valence-corrected chi connectivity index (χ1v) is 5.68. The van der Waals surface area contributed by atoms with Crippen LogP contribution in [0.5, 0.6) is 5.75 Å². The van der Waals surface area contributed by atoms with E-state index in [0.717, 1.165) is 6.07 Å². The molecule has 0 unspecified atom stereocenters. The normalized spacial score (nSPS) is 10.1. The summed E-state index contributed by atoms with van der Waals surface area (Å²) in [5.41, 5.74) is -0.655. The summed E-state index contributed by atoms with van der Waals surface area (Å²) in [6.07, 6.45) is 1.52. The lowest BCUT2D eigenvalue weighted by atomic mass is 10.1. The monoisotopic (exact) mass is 273 g/mol. The van der Waals surface area contributed by atoms with Crippen molar-refractivity contribution in [3.8, 4) is 5.75 Å². The summed E-state index contributed by atoms with van der Waals surface area (Å²) >= 11 is 0. The van der Waals surface area contributed by atoms with Crippen LogP contribution in [0.1, 0.15) is 10.4 Å². The number of phenols is 1. The number of hydrogen-bond acceptors (Lipinski definition) is 5. The number of benzene rings is 1. The molecule has 7 nitrogen and oxygen atoms in total. The molecule has 102 valence electrons. The van der Waals surface area contributed by atoms with E-state index in [-0.39, 0.29) is 5.56 Å². The average Bonchev–Trinajstić information content (AvgIpc) is 2.46. The highest BCUT2D eigenvalue weighted by Crippen LogP contribution is 2.30. The van der Waals surface area contributed by atoms with Crippen LogP contribution in [-0.4, -0.2) is 28.0 Å². The number of para-hydroxylation sites is 1. The Labute approximate surface area is 114 Å². The Bertz CT molecular complexity index is 658. The second-order valence-corrected chi connectivity index (χ2v) is 3.98. The molecule has 7 heteroatoms. The van der Waals surface area contributed by atoms with Gasteiger partial charge in [0.05, 0.1) is 10.5 Å². The zero-order valence-electron chi connectivity index (χ0n) is 10.6. The summed E-state index contributed by atoms with van der Waals surface area (Å²) in [7, 11) is 1.48. The number of rotatable bonds is 3. The Morgan fingerprint density at radius 2 is 2.05 bits per heavy atom. The lowest BCUT2D eigenvalue weighted by molar-refractivity contribution is -0.385. The van der Waals surface area contributed by atoms with Gasteiger partial charge in [-0.1, -0.05) is 12.1 Å². The van der Waals surface area contributed by atoms with E-state index < -0.39 is 22.3 Å². The van der Waals surface area contributed by atoms with Gasteiger partial charge >= 0.3 is 5.69 Å². The minimum atomic E-state index is -0.743. The zero-order chi connectivity index (χ0) is 14.7. The van der Waals surface area contributed by atoms with Gasteiger partial charge in [-0.05, 0) is 18.2 Å². The summed E-state index contributed by atoms with van der Waals surface area (Å²) in [4.78, 5) is 27.5. The topological polar surface area (TPSA) is 96.6 Å². The Kier molecular flexibility index (Phi) is 3.60. The van der Waals surface area contributed by atoms with Gasteiger partial charge in [-0.2, -0.15) is 0 Å². The Hall–Kier alpha value is -2.96. The van der Waals surface area contributed by atoms with E-state index in [0.29, 0.717) is 5.82 Å². The van der Waals surface area contributed by atoms with Gasteiger partial charge in [0, 0.05) is 19.3 Å². The third kappa shape index (κ3) is 2.41. The maximum absolute atomic E-state index is 12.2. The van der Waals surface area contributed by atoms with Gasteiger partial charge < -0.3 is 5.11 Å². The molecule has 0 radical (unpaired) electrons. The van der Waals surface area contributed by atoms with Crippen LogP contribution in [0.25, 0.3) is 0 Å². The van der Waals surface area contributed by atoms with Gasteiger partial charge in [-0.15, -0.1) is 0 Å². The van der Waals surface area contributed by atoms with E-state index in [1.165, 1.54) is 30.3 Å².